The summed E-state index contributed by atoms with van der Waals surface area (Å²) in [6, 6.07) is 8.27. The quantitative estimate of drug-likeness (QED) is 0.783. The summed E-state index contributed by atoms with van der Waals surface area (Å²) in [5, 5.41) is 4.25. The van der Waals surface area contributed by atoms with E-state index in [1.54, 1.807) is 6.26 Å². The van der Waals surface area contributed by atoms with Crippen LogP contribution in [0.3, 0.4) is 0 Å². The summed E-state index contributed by atoms with van der Waals surface area (Å²) < 4.78 is 6.38. The van der Waals surface area contributed by atoms with E-state index in [2.05, 4.69) is 28.2 Å². The van der Waals surface area contributed by atoms with Crippen LogP contribution < -0.4 is 5.32 Å². The van der Waals surface area contributed by atoms with Crippen LogP contribution in [-0.2, 0) is 6.42 Å². The maximum Gasteiger partial charge on any atom is 0.103 e. The molecule has 0 bridgehead atoms. The van der Waals surface area contributed by atoms with Crippen LogP contribution in [0.2, 0.25) is 5.02 Å². The molecular formula is C15H17BrClNO. The second kappa shape index (κ2) is 6.49. The van der Waals surface area contributed by atoms with Gasteiger partial charge in [0.1, 0.15) is 5.76 Å². The van der Waals surface area contributed by atoms with E-state index in [1.165, 1.54) is 0 Å². The Morgan fingerprint density at radius 3 is 2.89 bits per heavy atom. The van der Waals surface area contributed by atoms with Gasteiger partial charge < -0.3 is 9.73 Å². The molecular weight excluding hydrogens is 326 g/mol. The van der Waals surface area contributed by atoms with Gasteiger partial charge in [-0.05, 0) is 66.0 Å². The van der Waals surface area contributed by atoms with Gasteiger partial charge in [0.15, 0.2) is 0 Å². The first-order chi connectivity index (χ1) is 9.06. The monoisotopic (exact) mass is 341 g/mol. The highest BCUT2D eigenvalue weighted by Crippen LogP contribution is 2.29. The number of hydrogen-bond acceptors (Lipinski definition) is 2. The Morgan fingerprint density at radius 1 is 1.42 bits per heavy atom. The van der Waals surface area contributed by atoms with Crippen molar-refractivity contribution in [2.75, 3.05) is 5.32 Å². The van der Waals surface area contributed by atoms with Crippen molar-refractivity contribution >= 4 is 33.2 Å². The van der Waals surface area contributed by atoms with Gasteiger partial charge >= 0.3 is 0 Å². The molecule has 1 atom stereocenters. The SMILES string of the molecule is Cc1cc(Br)c(NC(C)CCc2ccco2)cc1Cl. The molecule has 0 saturated heterocycles. The fraction of sp³-hybridized carbons (Fsp3) is 0.333. The van der Waals surface area contributed by atoms with Gasteiger partial charge in [0.05, 0.1) is 12.0 Å². The van der Waals surface area contributed by atoms with E-state index in [0.29, 0.717) is 6.04 Å². The molecule has 2 aromatic rings. The molecule has 4 heteroatoms. The van der Waals surface area contributed by atoms with Gasteiger partial charge in [-0.25, -0.2) is 0 Å². The number of aryl methyl sites for hydroxylation is 2. The first-order valence-electron chi connectivity index (χ1n) is 6.31. The summed E-state index contributed by atoms with van der Waals surface area (Å²) in [6.45, 7) is 4.15. The van der Waals surface area contributed by atoms with Gasteiger partial charge in [-0.15, -0.1) is 0 Å². The molecule has 0 aliphatic rings. The fourth-order valence-electron chi connectivity index (χ4n) is 1.91. The van der Waals surface area contributed by atoms with Gasteiger partial charge in [-0.1, -0.05) is 11.6 Å². The highest BCUT2D eigenvalue weighted by atomic mass is 79.9. The Hall–Kier alpha value is -0.930. The van der Waals surface area contributed by atoms with E-state index in [0.717, 1.165) is 39.3 Å². The summed E-state index contributed by atoms with van der Waals surface area (Å²) in [5.41, 5.74) is 2.10. The van der Waals surface area contributed by atoms with Gasteiger partial charge in [0, 0.05) is 22.0 Å². The van der Waals surface area contributed by atoms with E-state index in [4.69, 9.17) is 16.0 Å². The third-order valence-corrected chi connectivity index (χ3v) is 4.12. The molecule has 0 saturated carbocycles. The van der Waals surface area contributed by atoms with Gasteiger partial charge in [-0.2, -0.15) is 0 Å². The van der Waals surface area contributed by atoms with Gasteiger partial charge in [-0.3, -0.25) is 0 Å². The van der Waals surface area contributed by atoms with Crippen LogP contribution >= 0.6 is 27.5 Å². The molecule has 1 unspecified atom stereocenters. The number of benzene rings is 1. The molecule has 1 aromatic carbocycles. The number of furan rings is 1. The summed E-state index contributed by atoms with van der Waals surface area (Å²) in [4.78, 5) is 0. The largest absolute Gasteiger partial charge is 0.469 e. The van der Waals surface area contributed by atoms with Gasteiger partial charge in [0.25, 0.3) is 0 Å². The van der Waals surface area contributed by atoms with E-state index in [-0.39, 0.29) is 0 Å². The minimum atomic E-state index is 0.347. The van der Waals surface area contributed by atoms with Crippen LogP contribution in [0.15, 0.2) is 39.4 Å². The normalized spacial score (nSPS) is 12.4. The Labute approximate surface area is 127 Å². The summed E-state index contributed by atoms with van der Waals surface area (Å²) in [5.74, 6) is 1.02. The molecule has 1 heterocycles. The van der Waals surface area contributed by atoms with Crippen molar-refractivity contribution < 1.29 is 4.42 Å². The molecule has 0 spiro atoms. The van der Waals surface area contributed by atoms with Crippen molar-refractivity contribution in [3.8, 4) is 0 Å². The lowest BCUT2D eigenvalue weighted by atomic mass is 10.1. The minimum absolute atomic E-state index is 0.347. The summed E-state index contributed by atoms with van der Waals surface area (Å²) in [6.07, 6.45) is 3.65. The number of rotatable bonds is 5. The first-order valence-corrected chi connectivity index (χ1v) is 7.48. The van der Waals surface area contributed by atoms with Crippen molar-refractivity contribution in [1.29, 1.82) is 0 Å². The third kappa shape index (κ3) is 4.02. The average molecular weight is 343 g/mol. The van der Waals surface area contributed by atoms with Crippen molar-refractivity contribution in [2.24, 2.45) is 0 Å². The molecule has 102 valence electrons. The lowest BCUT2D eigenvalue weighted by Gasteiger charge is -2.17. The maximum atomic E-state index is 6.15. The van der Waals surface area contributed by atoms with Crippen LogP contribution in [0, 0.1) is 6.92 Å². The Morgan fingerprint density at radius 2 is 2.21 bits per heavy atom. The Kier molecular flexibility index (Phi) is 4.94. The van der Waals surface area contributed by atoms with E-state index >= 15 is 0 Å². The van der Waals surface area contributed by atoms with Crippen LogP contribution in [0.25, 0.3) is 0 Å². The highest BCUT2D eigenvalue weighted by molar-refractivity contribution is 9.10. The van der Waals surface area contributed by atoms with Crippen LogP contribution in [0.5, 0.6) is 0 Å². The predicted octanol–water partition coefficient (Wildman–Crippen LogP) is 5.44. The van der Waals surface area contributed by atoms with E-state index < -0.39 is 0 Å². The molecule has 19 heavy (non-hydrogen) atoms. The smallest absolute Gasteiger partial charge is 0.103 e. The van der Waals surface area contributed by atoms with Crippen LogP contribution in [-0.4, -0.2) is 6.04 Å². The number of anilines is 1. The Balaban J connectivity index is 1.95. The van der Waals surface area contributed by atoms with E-state index in [1.807, 2.05) is 31.2 Å². The molecule has 0 amide bonds. The number of nitrogens with one attached hydrogen (secondary N) is 1. The Bertz CT molecular complexity index is 539. The van der Waals surface area contributed by atoms with Crippen LogP contribution in [0.4, 0.5) is 5.69 Å². The molecule has 1 aromatic heterocycles. The molecule has 0 fully saturated rings. The minimum Gasteiger partial charge on any atom is -0.469 e. The van der Waals surface area contributed by atoms with Crippen molar-refractivity contribution in [2.45, 2.75) is 32.7 Å². The molecule has 1 N–H and O–H groups in total. The van der Waals surface area contributed by atoms with Crippen LogP contribution in [0.1, 0.15) is 24.7 Å². The average Bonchev–Trinajstić information content (AvgIpc) is 2.86. The summed E-state index contributed by atoms with van der Waals surface area (Å²) >= 11 is 9.71. The standard InChI is InChI=1S/C15H17BrClNO/c1-10-8-13(16)15(9-14(10)17)18-11(2)5-6-12-4-3-7-19-12/h3-4,7-9,11,18H,5-6H2,1-2H3. The number of hydrogen-bond donors (Lipinski definition) is 1. The van der Waals surface area contributed by atoms with Crippen molar-refractivity contribution in [1.82, 2.24) is 0 Å². The van der Waals surface area contributed by atoms with Crippen molar-refractivity contribution in [3.63, 3.8) is 0 Å². The molecule has 0 aliphatic heterocycles. The topological polar surface area (TPSA) is 25.2 Å². The van der Waals surface area contributed by atoms with Crippen molar-refractivity contribution in [3.05, 3.63) is 51.3 Å². The number of halogens is 2. The lowest BCUT2D eigenvalue weighted by molar-refractivity contribution is 0.495. The third-order valence-electron chi connectivity index (χ3n) is 3.05. The lowest BCUT2D eigenvalue weighted by Crippen LogP contribution is -2.16. The highest BCUT2D eigenvalue weighted by Gasteiger charge is 2.08. The first kappa shape index (κ1) is 14.5. The fourth-order valence-corrected chi connectivity index (χ4v) is 2.64. The van der Waals surface area contributed by atoms with Gasteiger partial charge in [0.2, 0.25) is 0 Å². The zero-order valence-electron chi connectivity index (χ0n) is 11.0. The molecule has 2 rings (SSSR count). The predicted molar refractivity (Wildman–Crippen MR) is 84.0 cm³/mol. The maximum absolute atomic E-state index is 6.15. The second-order valence-corrected chi connectivity index (χ2v) is 6.01. The summed E-state index contributed by atoms with van der Waals surface area (Å²) in [7, 11) is 0. The molecule has 2 nitrogen and oxygen atoms in total. The van der Waals surface area contributed by atoms with E-state index in [9.17, 15) is 0 Å². The molecule has 0 radical (unpaired) electrons. The zero-order chi connectivity index (χ0) is 13.8. The second-order valence-electron chi connectivity index (χ2n) is 4.74. The molecule has 0 aliphatic carbocycles. The zero-order valence-corrected chi connectivity index (χ0v) is 13.4.